The summed E-state index contributed by atoms with van der Waals surface area (Å²) in [5, 5.41) is 4.24. The van der Waals surface area contributed by atoms with Crippen molar-refractivity contribution in [1.29, 1.82) is 0 Å². The average molecular weight is 360 g/mol. The van der Waals surface area contributed by atoms with Crippen molar-refractivity contribution in [2.24, 2.45) is 5.16 Å². The highest BCUT2D eigenvalue weighted by Crippen LogP contribution is 2.25. The second kappa shape index (κ2) is 7.58. The van der Waals surface area contributed by atoms with Crippen LogP contribution in [0.5, 0.6) is 0 Å². The fourth-order valence-electron chi connectivity index (χ4n) is 3.57. The Morgan fingerprint density at radius 3 is 2.15 bits per heavy atom. The van der Waals surface area contributed by atoms with Gasteiger partial charge in [-0.25, -0.2) is 0 Å². The third kappa shape index (κ3) is 3.82. The summed E-state index contributed by atoms with van der Waals surface area (Å²) >= 11 is 0. The van der Waals surface area contributed by atoms with Gasteiger partial charge in [0, 0.05) is 25.0 Å². The Morgan fingerprint density at radius 1 is 0.926 bits per heavy atom. The van der Waals surface area contributed by atoms with Gasteiger partial charge in [0.2, 0.25) is 0 Å². The van der Waals surface area contributed by atoms with Crippen LogP contribution in [0, 0.1) is 0 Å². The summed E-state index contributed by atoms with van der Waals surface area (Å²) in [5.74, 6) is -0.581. The number of amides is 2. The number of hydrogen-bond donors (Lipinski definition) is 0. The number of carbonyl (C=O) groups excluding carboxylic acids is 2. The molecule has 4 rings (SSSR count). The Hall–Kier alpha value is -3.21. The van der Waals surface area contributed by atoms with E-state index in [1.54, 1.807) is 0 Å². The lowest BCUT2D eigenvalue weighted by molar-refractivity contribution is -0.143. The Morgan fingerprint density at radius 2 is 1.52 bits per heavy atom. The summed E-state index contributed by atoms with van der Waals surface area (Å²) in [4.78, 5) is 31.5. The molecule has 0 aliphatic carbocycles. The van der Waals surface area contributed by atoms with E-state index >= 15 is 0 Å². The number of oxime groups is 1. The minimum atomic E-state index is -0.389. The van der Waals surface area contributed by atoms with E-state index in [0.29, 0.717) is 19.3 Å². The first-order valence-corrected chi connectivity index (χ1v) is 9.05. The lowest BCUT2D eigenvalue weighted by atomic mass is 9.95. The minimum Gasteiger partial charge on any atom is -0.390 e. The van der Waals surface area contributed by atoms with Crippen molar-refractivity contribution in [1.82, 2.24) is 4.90 Å². The molecule has 0 spiro atoms. The highest BCUT2D eigenvalue weighted by molar-refractivity contribution is 6.13. The van der Waals surface area contributed by atoms with Crippen molar-refractivity contribution in [3.05, 3.63) is 83.9 Å². The standard InChI is InChI=1S/C22H20N2O3/c25-21-11-12-22(26)24(21)19(14-17-9-5-2-6-10-17)20-15-18(23-27-20)13-16-7-3-1-4-8-16/h1-12,19-20H,13-15H2. The lowest BCUT2D eigenvalue weighted by Gasteiger charge is -2.29. The summed E-state index contributed by atoms with van der Waals surface area (Å²) in [5.41, 5.74) is 3.14. The van der Waals surface area contributed by atoms with Gasteiger partial charge < -0.3 is 4.84 Å². The van der Waals surface area contributed by atoms with Crippen molar-refractivity contribution in [2.75, 3.05) is 0 Å². The van der Waals surface area contributed by atoms with E-state index in [-0.39, 0.29) is 24.0 Å². The molecular formula is C22H20N2O3. The SMILES string of the molecule is O=C1C=CC(=O)N1C(Cc1ccccc1)C1CC(Cc2ccccc2)=NO1. The lowest BCUT2D eigenvalue weighted by Crippen LogP contribution is -2.48. The van der Waals surface area contributed by atoms with Gasteiger partial charge in [0.05, 0.1) is 11.8 Å². The molecular weight excluding hydrogens is 340 g/mol. The van der Waals surface area contributed by atoms with E-state index in [1.165, 1.54) is 17.1 Å². The number of carbonyl (C=O) groups is 2. The zero-order valence-electron chi connectivity index (χ0n) is 14.8. The average Bonchev–Trinajstić information content (AvgIpc) is 3.28. The van der Waals surface area contributed by atoms with Crippen LogP contribution in [-0.4, -0.2) is 34.6 Å². The van der Waals surface area contributed by atoms with Crippen molar-refractivity contribution in [3.8, 4) is 0 Å². The van der Waals surface area contributed by atoms with Crippen molar-refractivity contribution in [2.45, 2.75) is 31.4 Å². The monoisotopic (exact) mass is 360 g/mol. The summed E-state index contributed by atoms with van der Waals surface area (Å²) in [6.07, 6.45) is 4.15. The minimum absolute atomic E-state index is 0.291. The molecule has 27 heavy (non-hydrogen) atoms. The second-order valence-corrected chi connectivity index (χ2v) is 6.80. The van der Waals surface area contributed by atoms with E-state index < -0.39 is 0 Å². The van der Waals surface area contributed by atoms with E-state index in [2.05, 4.69) is 17.3 Å². The van der Waals surface area contributed by atoms with Crippen LogP contribution in [0.25, 0.3) is 0 Å². The number of nitrogens with zero attached hydrogens (tertiary/aromatic N) is 2. The van der Waals surface area contributed by atoms with Gasteiger partial charge in [-0.05, 0) is 17.5 Å². The van der Waals surface area contributed by atoms with Crippen molar-refractivity contribution < 1.29 is 14.4 Å². The van der Waals surface area contributed by atoms with Crippen LogP contribution in [0.15, 0.2) is 78.0 Å². The highest BCUT2D eigenvalue weighted by atomic mass is 16.6. The summed E-state index contributed by atoms with van der Waals surface area (Å²) in [6.45, 7) is 0. The highest BCUT2D eigenvalue weighted by Gasteiger charge is 2.40. The van der Waals surface area contributed by atoms with Gasteiger partial charge in [0.1, 0.15) is 0 Å². The molecule has 0 radical (unpaired) electrons. The summed E-state index contributed by atoms with van der Waals surface area (Å²) in [6, 6.07) is 19.5. The topological polar surface area (TPSA) is 59.0 Å². The first-order valence-electron chi connectivity index (χ1n) is 9.05. The molecule has 2 heterocycles. The largest absolute Gasteiger partial charge is 0.390 e. The molecule has 2 amide bonds. The first-order chi connectivity index (χ1) is 13.2. The maximum Gasteiger partial charge on any atom is 0.254 e. The van der Waals surface area contributed by atoms with Crippen LogP contribution in [0.3, 0.4) is 0 Å². The molecule has 5 nitrogen and oxygen atoms in total. The number of rotatable bonds is 6. The van der Waals surface area contributed by atoms with Gasteiger partial charge in [0.15, 0.2) is 6.10 Å². The van der Waals surface area contributed by atoms with E-state index in [9.17, 15) is 9.59 Å². The molecule has 2 unspecified atom stereocenters. The van der Waals surface area contributed by atoms with Crippen LogP contribution in [0.1, 0.15) is 17.5 Å². The van der Waals surface area contributed by atoms with Gasteiger partial charge in [-0.15, -0.1) is 0 Å². The molecule has 2 aromatic rings. The normalized spacial score (nSPS) is 19.9. The molecule has 0 N–H and O–H groups in total. The maximum absolute atomic E-state index is 12.3. The molecule has 0 saturated heterocycles. The summed E-state index contributed by atoms with van der Waals surface area (Å²) in [7, 11) is 0. The molecule has 0 fully saturated rings. The molecule has 0 saturated carbocycles. The zero-order valence-corrected chi connectivity index (χ0v) is 14.8. The second-order valence-electron chi connectivity index (χ2n) is 6.80. The zero-order chi connectivity index (χ0) is 18.6. The Bertz CT molecular complexity index is 872. The first kappa shape index (κ1) is 17.2. The Labute approximate surface area is 157 Å². The van der Waals surface area contributed by atoms with Crippen LogP contribution >= 0.6 is 0 Å². The van der Waals surface area contributed by atoms with Gasteiger partial charge >= 0.3 is 0 Å². The van der Waals surface area contributed by atoms with E-state index in [0.717, 1.165) is 16.8 Å². The smallest absolute Gasteiger partial charge is 0.254 e. The fourth-order valence-corrected chi connectivity index (χ4v) is 3.57. The summed E-state index contributed by atoms with van der Waals surface area (Å²) < 4.78 is 0. The molecule has 136 valence electrons. The number of hydrogen-bond acceptors (Lipinski definition) is 4. The molecule has 2 aromatic carbocycles. The third-order valence-corrected chi connectivity index (χ3v) is 4.90. The Kier molecular flexibility index (Phi) is 4.83. The van der Waals surface area contributed by atoms with Gasteiger partial charge in [-0.3, -0.25) is 14.5 Å². The van der Waals surface area contributed by atoms with Gasteiger partial charge in [0.25, 0.3) is 11.8 Å². The van der Waals surface area contributed by atoms with Gasteiger partial charge in [-0.1, -0.05) is 65.8 Å². The quantitative estimate of drug-likeness (QED) is 0.744. The van der Waals surface area contributed by atoms with Crippen LogP contribution in [-0.2, 0) is 27.3 Å². The van der Waals surface area contributed by atoms with Crippen LogP contribution < -0.4 is 0 Å². The molecule has 0 bridgehead atoms. The molecule has 2 aliphatic heterocycles. The Balaban J connectivity index is 1.51. The molecule has 0 aromatic heterocycles. The molecule has 5 heteroatoms. The van der Waals surface area contributed by atoms with Gasteiger partial charge in [-0.2, -0.15) is 0 Å². The van der Waals surface area contributed by atoms with Crippen LogP contribution in [0.2, 0.25) is 0 Å². The van der Waals surface area contributed by atoms with Crippen molar-refractivity contribution in [3.63, 3.8) is 0 Å². The van der Waals surface area contributed by atoms with E-state index in [1.807, 2.05) is 48.5 Å². The molecule has 2 atom stereocenters. The van der Waals surface area contributed by atoms with Crippen LogP contribution in [0.4, 0.5) is 0 Å². The molecule has 2 aliphatic rings. The third-order valence-electron chi connectivity index (χ3n) is 4.90. The number of imide groups is 1. The van der Waals surface area contributed by atoms with E-state index in [4.69, 9.17) is 4.84 Å². The predicted molar refractivity (Wildman–Crippen MR) is 102 cm³/mol. The predicted octanol–water partition coefficient (Wildman–Crippen LogP) is 2.91. The maximum atomic E-state index is 12.3. The fraction of sp³-hybridized carbons (Fsp3) is 0.227. The number of benzene rings is 2. The van der Waals surface area contributed by atoms with Crippen molar-refractivity contribution >= 4 is 17.5 Å².